The lowest BCUT2D eigenvalue weighted by Gasteiger charge is -2.17. The average molecular weight is 305 g/mol. The number of aromatic hydroxyl groups is 1. The van der Waals surface area contributed by atoms with Crippen LogP contribution in [0, 0.1) is 0 Å². The lowest BCUT2D eigenvalue weighted by molar-refractivity contribution is 0.318. The lowest BCUT2D eigenvalue weighted by atomic mass is 10.2. The standard InChI is InChI=1S/C19H19N3O/c1-22(13-15-5-4-6-17(23)11-15)14-16-8-9-19(21-12-16)18-7-2-3-10-20-18/h2-12,23H,13-14H2,1H3. The van der Waals surface area contributed by atoms with Crippen LogP contribution in [0.3, 0.4) is 0 Å². The van der Waals surface area contributed by atoms with Crippen LogP contribution in [-0.2, 0) is 13.1 Å². The molecule has 0 radical (unpaired) electrons. The zero-order chi connectivity index (χ0) is 16.1. The van der Waals surface area contributed by atoms with Gasteiger partial charge in [-0.2, -0.15) is 0 Å². The van der Waals surface area contributed by atoms with Crippen molar-refractivity contribution in [3.63, 3.8) is 0 Å². The monoisotopic (exact) mass is 305 g/mol. The Morgan fingerprint density at radius 2 is 1.70 bits per heavy atom. The molecule has 0 aliphatic rings. The minimum atomic E-state index is 0.303. The molecule has 0 aliphatic carbocycles. The van der Waals surface area contributed by atoms with Gasteiger partial charge >= 0.3 is 0 Å². The van der Waals surface area contributed by atoms with E-state index >= 15 is 0 Å². The van der Waals surface area contributed by atoms with Crippen LogP contribution in [0.2, 0.25) is 0 Å². The molecule has 0 amide bonds. The van der Waals surface area contributed by atoms with Crippen molar-refractivity contribution in [3.05, 3.63) is 78.1 Å². The third-order valence-electron chi connectivity index (χ3n) is 3.57. The van der Waals surface area contributed by atoms with Gasteiger partial charge in [-0.25, -0.2) is 0 Å². The molecule has 0 aliphatic heterocycles. The summed E-state index contributed by atoms with van der Waals surface area (Å²) in [5.41, 5.74) is 4.00. The first kappa shape index (κ1) is 15.2. The third kappa shape index (κ3) is 4.14. The highest BCUT2D eigenvalue weighted by Crippen LogP contribution is 2.16. The summed E-state index contributed by atoms with van der Waals surface area (Å²) in [5.74, 6) is 0.303. The summed E-state index contributed by atoms with van der Waals surface area (Å²) in [5, 5.41) is 9.52. The molecular formula is C19H19N3O. The highest BCUT2D eigenvalue weighted by Gasteiger charge is 2.05. The Kier molecular flexibility index (Phi) is 4.64. The van der Waals surface area contributed by atoms with Gasteiger partial charge in [0.05, 0.1) is 11.4 Å². The van der Waals surface area contributed by atoms with Gasteiger partial charge in [0.1, 0.15) is 5.75 Å². The average Bonchev–Trinajstić information content (AvgIpc) is 2.56. The lowest BCUT2D eigenvalue weighted by Crippen LogP contribution is -2.17. The van der Waals surface area contributed by atoms with Gasteiger partial charge < -0.3 is 5.11 Å². The molecule has 4 heteroatoms. The second-order valence-corrected chi connectivity index (χ2v) is 5.61. The summed E-state index contributed by atoms with van der Waals surface area (Å²) in [6, 6.07) is 17.2. The maximum Gasteiger partial charge on any atom is 0.115 e. The quantitative estimate of drug-likeness (QED) is 0.784. The molecule has 0 atom stereocenters. The van der Waals surface area contributed by atoms with Gasteiger partial charge in [-0.3, -0.25) is 14.9 Å². The summed E-state index contributed by atoms with van der Waals surface area (Å²) in [7, 11) is 2.05. The molecule has 3 rings (SSSR count). The third-order valence-corrected chi connectivity index (χ3v) is 3.57. The van der Waals surface area contributed by atoms with E-state index < -0.39 is 0 Å². The van der Waals surface area contributed by atoms with E-state index in [0.717, 1.165) is 35.6 Å². The Bertz CT molecular complexity index is 757. The van der Waals surface area contributed by atoms with Crippen LogP contribution >= 0.6 is 0 Å². The molecule has 0 saturated carbocycles. The van der Waals surface area contributed by atoms with Crippen molar-refractivity contribution >= 4 is 0 Å². The largest absolute Gasteiger partial charge is 0.508 e. The fourth-order valence-electron chi connectivity index (χ4n) is 2.52. The molecule has 0 saturated heterocycles. The van der Waals surface area contributed by atoms with Crippen molar-refractivity contribution in [1.29, 1.82) is 0 Å². The first-order chi connectivity index (χ1) is 11.2. The Balaban J connectivity index is 1.64. The molecule has 2 heterocycles. The summed E-state index contributed by atoms with van der Waals surface area (Å²) in [4.78, 5) is 11.0. The van der Waals surface area contributed by atoms with Crippen molar-refractivity contribution in [2.45, 2.75) is 13.1 Å². The van der Waals surface area contributed by atoms with Crippen LogP contribution in [0.5, 0.6) is 5.75 Å². The zero-order valence-corrected chi connectivity index (χ0v) is 13.1. The molecule has 4 nitrogen and oxygen atoms in total. The molecule has 3 aromatic rings. The Hall–Kier alpha value is -2.72. The highest BCUT2D eigenvalue weighted by atomic mass is 16.3. The molecule has 2 aromatic heterocycles. The Morgan fingerprint density at radius 1 is 0.870 bits per heavy atom. The predicted octanol–water partition coefficient (Wildman–Crippen LogP) is 3.48. The fourth-order valence-corrected chi connectivity index (χ4v) is 2.52. The van der Waals surface area contributed by atoms with Gasteiger partial charge in [-0.05, 0) is 48.5 Å². The molecule has 0 unspecified atom stereocenters. The number of hydrogen-bond acceptors (Lipinski definition) is 4. The highest BCUT2D eigenvalue weighted by molar-refractivity contribution is 5.53. The minimum Gasteiger partial charge on any atom is -0.508 e. The van der Waals surface area contributed by atoms with Crippen molar-refractivity contribution < 1.29 is 5.11 Å². The van der Waals surface area contributed by atoms with Crippen molar-refractivity contribution in [1.82, 2.24) is 14.9 Å². The summed E-state index contributed by atoms with van der Waals surface area (Å²) in [6.45, 7) is 1.57. The molecule has 0 bridgehead atoms. The van der Waals surface area contributed by atoms with E-state index in [1.807, 2.05) is 42.6 Å². The first-order valence-corrected chi connectivity index (χ1v) is 7.53. The number of nitrogens with zero attached hydrogens (tertiary/aromatic N) is 3. The SMILES string of the molecule is CN(Cc1ccc(-c2ccccn2)nc1)Cc1cccc(O)c1. The Morgan fingerprint density at radius 3 is 2.39 bits per heavy atom. The van der Waals surface area contributed by atoms with Crippen LogP contribution in [0.25, 0.3) is 11.4 Å². The second-order valence-electron chi connectivity index (χ2n) is 5.61. The molecular weight excluding hydrogens is 286 g/mol. The minimum absolute atomic E-state index is 0.303. The smallest absolute Gasteiger partial charge is 0.115 e. The number of phenolic OH excluding ortho intramolecular Hbond substituents is 1. The summed E-state index contributed by atoms with van der Waals surface area (Å²) < 4.78 is 0. The summed E-state index contributed by atoms with van der Waals surface area (Å²) >= 11 is 0. The molecule has 0 spiro atoms. The van der Waals surface area contributed by atoms with E-state index in [2.05, 4.69) is 28.0 Å². The molecule has 23 heavy (non-hydrogen) atoms. The molecule has 116 valence electrons. The van der Waals surface area contributed by atoms with Crippen molar-refractivity contribution in [2.75, 3.05) is 7.05 Å². The van der Waals surface area contributed by atoms with E-state index in [4.69, 9.17) is 0 Å². The van der Waals surface area contributed by atoms with Crippen LogP contribution < -0.4 is 0 Å². The predicted molar refractivity (Wildman–Crippen MR) is 90.7 cm³/mol. The topological polar surface area (TPSA) is 49.2 Å². The molecule has 0 fully saturated rings. The van der Waals surface area contributed by atoms with Crippen LogP contribution in [0.15, 0.2) is 67.0 Å². The van der Waals surface area contributed by atoms with Crippen molar-refractivity contribution in [3.8, 4) is 17.1 Å². The number of benzene rings is 1. The number of phenols is 1. The van der Waals surface area contributed by atoms with Crippen LogP contribution in [0.4, 0.5) is 0 Å². The number of pyridine rings is 2. The van der Waals surface area contributed by atoms with E-state index in [1.54, 1.807) is 18.3 Å². The van der Waals surface area contributed by atoms with Gasteiger partial charge in [0.25, 0.3) is 0 Å². The maximum absolute atomic E-state index is 9.52. The van der Waals surface area contributed by atoms with Gasteiger partial charge in [0.2, 0.25) is 0 Å². The van der Waals surface area contributed by atoms with Gasteiger partial charge in [0, 0.05) is 25.5 Å². The normalized spacial score (nSPS) is 10.9. The number of hydrogen-bond donors (Lipinski definition) is 1. The van der Waals surface area contributed by atoms with Gasteiger partial charge in [-0.1, -0.05) is 24.3 Å². The number of rotatable bonds is 5. The zero-order valence-electron chi connectivity index (χ0n) is 13.1. The van der Waals surface area contributed by atoms with E-state index in [9.17, 15) is 5.11 Å². The van der Waals surface area contributed by atoms with E-state index in [-0.39, 0.29) is 0 Å². The second kappa shape index (κ2) is 7.03. The Labute approximate surface area is 136 Å². The van der Waals surface area contributed by atoms with Crippen LogP contribution in [-0.4, -0.2) is 27.0 Å². The molecule has 1 N–H and O–H groups in total. The maximum atomic E-state index is 9.52. The fraction of sp³-hybridized carbons (Fsp3) is 0.158. The van der Waals surface area contributed by atoms with Crippen molar-refractivity contribution in [2.24, 2.45) is 0 Å². The first-order valence-electron chi connectivity index (χ1n) is 7.53. The molecule has 1 aromatic carbocycles. The van der Waals surface area contributed by atoms with Crippen LogP contribution in [0.1, 0.15) is 11.1 Å². The number of aromatic nitrogens is 2. The van der Waals surface area contributed by atoms with Gasteiger partial charge in [-0.15, -0.1) is 0 Å². The van der Waals surface area contributed by atoms with E-state index in [1.165, 1.54) is 0 Å². The summed E-state index contributed by atoms with van der Waals surface area (Å²) in [6.07, 6.45) is 3.66. The van der Waals surface area contributed by atoms with E-state index in [0.29, 0.717) is 5.75 Å². The van der Waals surface area contributed by atoms with Gasteiger partial charge in [0.15, 0.2) is 0 Å².